The number of phenolic OH excluding ortho intramolecular Hbond substituents is 1. The first-order valence-corrected chi connectivity index (χ1v) is 14.7. The minimum Gasteiger partial charge on any atom is -0.508 e. The largest absolute Gasteiger partial charge is 0.508 e. The molecular formula is C32H40N2O7. The first-order valence-electron chi connectivity index (χ1n) is 14.7. The molecule has 6 aliphatic rings. The number of hydrogen-bond donors (Lipinski definition) is 4. The van der Waals surface area contributed by atoms with Gasteiger partial charge in [0.15, 0.2) is 17.2 Å². The normalized spacial score (nSPS) is 33.9. The molecule has 0 heterocycles. The molecule has 1 aromatic carbocycles. The summed E-state index contributed by atoms with van der Waals surface area (Å²) in [6.07, 6.45) is 5.90. The molecule has 4 N–H and O–H groups in total. The summed E-state index contributed by atoms with van der Waals surface area (Å²) in [5.41, 5.74) is -0.770. The molecule has 0 radical (unpaired) electrons. The van der Waals surface area contributed by atoms with Crippen LogP contribution in [0.15, 0.2) is 23.0 Å². The molecule has 4 saturated carbocycles. The number of likely N-dealkylation sites (N-methyl/N-ethyl adjacent to an activating group) is 1. The van der Waals surface area contributed by atoms with E-state index in [0.717, 1.165) is 30.9 Å². The smallest absolute Gasteiger partial charge is 0.202 e. The number of hydrogen-bond acceptors (Lipinski definition) is 9. The molecular weight excluding hydrogens is 524 g/mol. The van der Waals surface area contributed by atoms with Gasteiger partial charge < -0.3 is 25.3 Å². The number of aromatic hydroxyl groups is 1. The fourth-order valence-electron chi connectivity index (χ4n) is 8.85. The summed E-state index contributed by atoms with van der Waals surface area (Å²) in [4.78, 5) is 43.4. The summed E-state index contributed by atoms with van der Waals surface area (Å²) in [6, 6.07) is 0.962. The summed E-state index contributed by atoms with van der Waals surface area (Å²) in [6.45, 7) is 1.11. The standard InChI is InChI=1S/C32H40N2O7/c1-14(35)23-29(38)26(34(4)5)21-12-18-11-20-22(33(2)3)13-17(8-9-19-15-6-7-16(19)10-15)27(36)25(20)28(37)24(18)31(40)32(21,41)30(23)39/h13,15-16,18-19,21,26,36-37,39,41H,6-12H2,1-5H3/t15?,16?,18-,19?,21-,26-,32+/m0/s1. The van der Waals surface area contributed by atoms with Gasteiger partial charge in [-0.25, -0.2) is 0 Å². The van der Waals surface area contributed by atoms with Crippen LogP contribution in [-0.4, -0.2) is 82.5 Å². The Labute approximate surface area is 240 Å². The van der Waals surface area contributed by atoms with Crippen molar-refractivity contribution in [3.8, 4) is 5.75 Å². The van der Waals surface area contributed by atoms with Gasteiger partial charge in [0.05, 0.1) is 11.6 Å². The summed E-state index contributed by atoms with van der Waals surface area (Å²) in [5.74, 6) is -3.11. The topological polar surface area (TPSA) is 139 Å². The first-order chi connectivity index (χ1) is 19.3. The molecule has 0 amide bonds. The fourth-order valence-corrected chi connectivity index (χ4v) is 8.85. The van der Waals surface area contributed by atoms with Crippen molar-refractivity contribution in [1.82, 2.24) is 4.90 Å². The van der Waals surface area contributed by atoms with Gasteiger partial charge in [0.25, 0.3) is 0 Å². The van der Waals surface area contributed by atoms with Crippen LogP contribution in [0.25, 0.3) is 5.76 Å². The van der Waals surface area contributed by atoms with E-state index in [9.17, 15) is 34.8 Å². The molecule has 6 atom stereocenters. The second kappa shape index (κ2) is 9.42. The van der Waals surface area contributed by atoms with E-state index in [4.69, 9.17) is 0 Å². The molecule has 6 aliphatic carbocycles. The van der Waals surface area contributed by atoms with Crippen molar-refractivity contribution in [1.29, 1.82) is 0 Å². The lowest BCUT2D eigenvalue weighted by atomic mass is 9.57. The number of nitrogens with zero attached hydrogens (tertiary/aromatic N) is 2. The van der Waals surface area contributed by atoms with E-state index in [1.54, 1.807) is 19.0 Å². The third-order valence-corrected chi connectivity index (χ3v) is 10.8. The van der Waals surface area contributed by atoms with Crippen LogP contribution in [0.2, 0.25) is 0 Å². The van der Waals surface area contributed by atoms with Crippen LogP contribution in [0.1, 0.15) is 55.7 Å². The Hall–Kier alpha value is -3.17. The van der Waals surface area contributed by atoms with Crippen LogP contribution in [-0.2, 0) is 27.2 Å². The van der Waals surface area contributed by atoms with Crippen LogP contribution in [0.3, 0.4) is 0 Å². The van der Waals surface area contributed by atoms with Crippen LogP contribution in [0.5, 0.6) is 5.75 Å². The molecule has 41 heavy (non-hydrogen) atoms. The molecule has 2 unspecified atom stereocenters. The minimum absolute atomic E-state index is 0.0585. The van der Waals surface area contributed by atoms with Gasteiger partial charge >= 0.3 is 0 Å². The maximum Gasteiger partial charge on any atom is 0.202 e. The van der Waals surface area contributed by atoms with E-state index in [1.165, 1.54) is 19.3 Å². The molecule has 4 fully saturated rings. The lowest BCUT2D eigenvalue weighted by Gasteiger charge is -2.50. The zero-order valence-corrected chi connectivity index (χ0v) is 24.4. The number of benzene rings is 1. The average molecular weight is 565 g/mol. The quantitative estimate of drug-likeness (QED) is 0.384. The Morgan fingerprint density at radius 1 is 1.05 bits per heavy atom. The molecule has 0 aromatic heterocycles. The number of ketones is 3. The number of aryl methyl sites for hydroxylation is 1. The maximum atomic E-state index is 14.1. The number of Topliss-reactive ketones (excluding diaryl/α,β-unsaturated/α-hetero) is 3. The molecule has 7 rings (SSSR count). The number of fused-ring (bicyclic) bond motifs is 4. The summed E-state index contributed by atoms with van der Waals surface area (Å²) in [7, 11) is 7.06. The van der Waals surface area contributed by atoms with Gasteiger partial charge in [0, 0.05) is 31.3 Å². The van der Waals surface area contributed by atoms with Crippen LogP contribution >= 0.6 is 0 Å². The zero-order chi connectivity index (χ0) is 29.7. The van der Waals surface area contributed by atoms with Gasteiger partial charge in [-0.1, -0.05) is 0 Å². The molecule has 2 bridgehead atoms. The third kappa shape index (κ3) is 3.77. The summed E-state index contributed by atoms with van der Waals surface area (Å²) in [5, 5.41) is 46.2. The predicted octanol–water partition coefficient (Wildman–Crippen LogP) is 3.11. The Morgan fingerprint density at radius 2 is 1.71 bits per heavy atom. The van der Waals surface area contributed by atoms with E-state index in [1.807, 2.05) is 25.1 Å². The number of rotatable bonds is 6. The maximum absolute atomic E-state index is 14.1. The van der Waals surface area contributed by atoms with E-state index in [2.05, 4.69) is 0 Å². The van der Waals surface area contributed by atoms with Crippen molar-refractivity contribution in [2.24, 2.45) is 29.6 Å². The molecule has 9 heteroatoms. The van der Waals surface area contributed by atoms with Crippen LogP contribution in [0, 0.1) is 29.6 Å². The van der Waals surface area contributed by atoms with Crippen molar-refractivity contribution in [2.45, 2.75) is 63.5 Å². The minimum atomic E-state index is -2.55. The van der Waals surface area contributed by atoms with Crippen molar-refractivity contribution < 1.29 is 34.8 Å². The fraction of sp³-hybridized carbons (Fsp3) is 0.594. The Morgan fingerprint density at radius 3 is 2.27 bits per heavy atom. The van der Waals surface area contributed by atoms with Gasteiger partial charge in [-0.05, 0) is 107 Å². The average Bonchev–Trinajstić information content (AvgIpc) is 3.52. The van der Waals surface area contributed by atoms with E-state index in [0.29, 0.717) is 29.9 Å². The summed E-state index contributed by atoms with van der Waals surface area (Å²) < 4.78 is 0. The van der Waals surface area contributed by atoms with Crippen molar-refractivity contribution >= 4 is 28.8 Å². The van der Waals surface area contributed by atoms with E-state index in [-0.39, 0.29) is 23.3 Å². The number of carbonyl (C=O) groups excluding carboxylic acids is 3. The Balaban J connectivity index is 1.47. The van der Waals surface area contributed by atoms with E-state index >= 15 is 0 Å². The molecule has 0 spiro atoms. The second-order valence-electron chi connectivity index (χ2n) is 13.3. The monoisotopic (exact) mass is 564 g/mol. The summed E-state index contributed by atoms with van der Waals surface area (Å²) >= 11 is 0. The molecule has 0 aliphatic heterocycles. The van der Waals surface area contributed by atoms with Gasteiger partial charge in [0.2, 0.25) is 5.78 Å². The number of carbonyl (C=O) groups is 3. The van der Waals surface area contributed by atoms with Gasteiger partial charge in [-0.2, -0.15) is 0 Å². The highest BCUT2D eigenvalue weighted by molar-refractivity contribution is 6.25. The van der Waals surface area contributed by atoms with Crippen LogP contribution in [0.4, 0.5) is 5.69 Å². The predicted molar refractivity (Wildman–Crippen MR) is 153 cm³/mol. The highest BCUT2D eigenvalue weighted by atomic mass is 16.3. The van der Waals surface area contributed by atoms with Gasteiger partial charge in [0.1, 0.15) is 22.8 Å². The van der Waals surface area contributed by atoms with Gasteiger partial charge in [-0.3, -0.25) is 19.3 Å². The molecule has 1 aromatic rings. The number of phenols is 1. The molecule has 9 nitrogen and oxygen atoms in total. The van der Waals surface area contributed by atoms with E-state index < -0.39 is 57.9 Å². The first kappa shape index (κ1) is 28.0. The lowest BCUT2D eigenvalue weighted by molar-refractivity contribution is -0.153. The highest BCUT2D eigenvalue weighted by Crippen LogP contribution is 2.57. The zero-order valence-electron chi connectivity index (χ0n) is 24.4. The number of anilines is 1. The second-order valence-corrected chi connectivity index (χ2v) is 13.3. The number of aliphatic hydroxyl groups is 3. The SMILES string of the molecule is CC(=O)C1=C(O)[C@@]2(O)C(=O)C3=C(O)c4c(O)c(CCC5C6CCC5C6)cc(N(C)C)c4C[C@H]3C[C@H]2[C@H](N(C)C)C1=O. The van der Waals surface area contributed by atoms with Gasteiger partial charge in [-0.15, -0.1) is 0 Å². The van der Waals surface area contributed by atoms with Crippen molar-refractivity contribution in [3.63, 3.8) is 0 Å². The molecule has 220 valence electrons. The lowest BCUT2D eigenvalue weighted by Crippen LogP contribution is -2.65. The van der Waals surface area contributed by atoms with Crippen molar-refractivity contribution in [3.05, 3.63) is 39.7 Å². The van der Waals surface area contributed by atoms with Crippen molar-refractivity contribution in [2.75, 3.05) is 33.1 Å². The Bertz CT molecular complexity index is 1430. The Kier molecular flexibility index (Phi) is 6.43. The highest BCUT2D eigenvalue weighted by Gasteiger charge is 2.64. The van der Waals surface area contributed by atoms with Crippen LogP contribution < -0.4 is 4.90 Å². The number of aliphatic hydroxyl groups excluding tert-OH is 2. The molecule has 0 saturated heterocycles. The third-order valence-electron chi connectivity index (χ3n) is 10.8.